The van der Waals surface area contributed by atoms with Crippen molar-refractivity contribution < 1.29 is 9.66 Å². The Kier molecular flexibility index (Phi) is 3.23. The molecule has 1 aromatic carbocycles. The lowest BCUT2D eigenvalue weighted by Gasteiger charge is -2.07. The van der Waals surface area contributed by atoms with E-state index in [-0.39, 0.29) is 11.6 Å². The summed E-state index contributed by atoms with van der Waals surface area (Å²) in [5, 5.41) is 10.8. The van der Waals surface area contributed by atoms with Crippen LogP contribution < -0.4 is 4.74 Å². The molecule has 2 rings (SSSR count). The molecule has 0 saturated carbocycles. The quantitative estimate of drug-likeness (QED) is 0.613. The minimum absolute atomic E-state index is 0.00533. The maximum Gasteiger partial charge on any atom is 0.331 e. The number of rotatable bonds is 3. The first-order valence-electron chi connectivity index (χ1n) is 5.42. The molecule has 0 N–H and O–H groups in total. The van der Waals surface area contributed by atoms with Gasteiger partial charge in [0.15, 0.2) is 0 Å². The zero-order valence-electron chi connectivity index (χ0n) is 10.1. The third-order valence-electron chi connectivity index (χ3n) is 2.64. The van der Waals surface area contributed by atoms with Crippen molar-refractivity contribution in [3.63, 3.8) is 0 Å². The van der Waals surface area contributed by atoms with Crippen molar-refractivity contribution >= 4 is 5.69 Å². The molecule has 0 aliphatic rings. The Morgan fingerprint density at radius 3 is 2.67 bits per heavy atom. The van der Waals surface area contributed by atoms with Gasteiger partial charge >= 0.3 is 5.69 Å². The maximum absolute atomic E-state index is 10.8. The number of aryl methyl sites for hydroxylation is 2. The van der Waals surface area contributed by atoms with Crippen molar-refractivity contribution in [1.29, 1.82) is 0 Å². The minimum atomic E-state index is -0.511. The van der Waals surface area contributed by atoms with E-state index in [0.717, 1.165) is 11.1 Å². The SMILES string of the molecule is Cc1ccc(Oc2ncccc2[N+](=O)[O-])cc1C. The molecule has 1 aromatic heterocycles. The fourth-order valence-corrected chi connectivity index (χ4v) is 1.49. The van der Waals surface area contributed by atoms with Crippen molar-refractivity contribution in [1.82, 2.24) is 4.98 Å². The molecule has 92 valence electrons. The van der Waals surface area contributed by atoms with Gasteiger partial charge in [-0.25, -0.2) is 4.98 Å². The van der Waals surface area contributed by atoms with Gasteiger partial charge in [-0.1, -0.05) is 6.07 Å². The minimum Gasteiger partial charge on any atom is -0.434 e. The van der Waals surface area contributed by atoms with Crippen molar-refractivity contribution in [3.8, 4) is 11.6 Å². The van der Waals surface area contributed by atoms with Gasteiger partial charge in [0.05, 0.1) is 4.92 Å². The highest BCUT2D eigenvalue weighted by atomic mass is 16.6. The molecule has 5 heteroatoms. The average Bonchev–Trinajstić information content (AvgIpc) is 2.34. The summed E-state index contributed by atoms with van der Waals surface area (Å²) in [5.74, 6) is 0.547. The third kappa shape index (κ3) is 2.45. The zero-order valence-corrected chi connectivity index (χ0v) is 10.1. The van der Waals surface area contributed by atoms with Gasteiger partial charge in [-0.15, -0.1) is 0 Å². The summed E-state index contributed by atoms with van der Waals surface area (Å²) in [4.78, 5) is 14.2. The molecule has 5 nitrogen and oxygen atoms in total. The lowest BCUT2D eigenvalue weighted by Crippen LogP contribution is -1.95. The van der Waals surface area contributed by atoms with Crippen molar-refractivity contribution in [2.75, 3.05) is 0 Å². The molecular weight excluding hydrogens is 232 g/mol. The van der Waals surface area contributed by atoms with Gasteiger partial charge in [-0.2, -0.15) is 0 Å². The van der Waals surface area contributed by atoms with Crippen LogP contribution in [0.25, 0.3) is 0 Å². The second-order valence-electron chi connectivity index (χ2n) is 3.93. The van der Waals surface area contributed by atoms with E-state index in [1.807, 2.05) is 26.0 Å². The molecule has 0 bridgehead atoms. The number of aromatic nitrogens is 1. The van der Waals surface area contributed by atoms with Crippen LogP contribution in [0.5, 0.6) is 11.6 Å². The summed E-state index contributed by atoms with van der Waals surface area (Å²) in [7, 11) is 0. The Balaban J connectivity index is 2.34. The molecule has 0 amide bonds. The molecule has 0 atom stereocenters. The van der Waals surface area contributed by atoms with Gasteiger partial charge in [0, 0.05) is 12.3 Å². The molecule has 1 heterocycles. The number of hydrogen-bond donors (Lipinski definition) is 0. The molecular formula is C13H12N2O3. The molecule has 0 aliphatic carbocycles. The van der Waals surface area contributed by atoms with E-state index in [2.05, 4.69) is 4.98 Å². The largest absolute Gasteiger partial charge is 0.434 e. The van der Waals surface area contributed by atoms with Crippen LogP contribution in [-0.2, 0) is 0 Å². The molecule has 18 heavy (non-hydrogen) atoms. The summed E-state index contributed by atoms with van der Waals surface area (Å²) in [6.45, 7) is 3.94. The van der Waals surface area contributed by atoms with Gasteiger partial charge < -0.3 is 4.74 Å². The van der Waals surface area contributed by atoms with Crippen LogP contribution in [0.15, 0.2) is 36.5 Å². The Morgan fingerprint density at radius 1 is 1.22 bits per heavy atom. The highest BCUT2D eigenvalue weighted by Gasteiger charge is 2.16. The predicted molar refractivity (Wildman–Crippen MR) is 66.9 cm³/mol. The zero-order chi connectivity index (χ0) is 13.1. The van der Waals surface area contributed by atoms with Crippen LogP contribution in [0.2, 0.25) is 0 Å². The summed E-state index contributed by atoms with van der Waals surface area (Å²) >= 11 is 0. The monoisotopic (exact) mass is 244 g/mol. The number of nitrogens with zero attached hydrogens (tertiary/aromatic N) is 2. The molecule has 0 radical (unpaired) electrons. The van der Waals surface area contributed by atoms with Gasteiger partial charge in [0.25, 0.3) is 5.88 Å². The Hall–Kier alpha value is -2.43. The maximum atomic E-state index is 10.8. The number of benzene rings is 1. The average molecular weight is 244 g/mol. The van der Waals surface area contributed by atoms with E-state index in [1.54, 1.807) is 6.07 Å². The fourth-order valence-electron chi connectivity index (χ4n) is 1.49. The summed E-state index contributed by atoms with van der Waals surface area (Å²) in [5.41, 5.74) is 2.06. The van der Waals surface area contributed by atoms with Crippen LogP contribution in [-0.4, -0.2) is 9.91 Å². The first-order valence-corrected chi connectivity index (χ1v) is 5.42. The normalized spacial score (nSPS) is 10.1. The van der Waals surface area contributed by atoms with Crippen molar-refractivity contribution in [2.24, 2.45) is 0 Å². The third-order valence-corrected chi connectivity index (χ3v) is 2.64. The van der Waals surface area contributed by atoms with E-state index >= 15 is 0 Å². The lowest BCUT2D eigenvalue weighted by molar-refractivity contribution is -0.386. The number of pyridine rings is 1. The van der Waals surface area contributed by atoms with Crippen LogP contribution in [0, 0.1) is 24.0 Å². The van der Waals surface area contributed by atoms with E-state index in [1.165, 1.54) is 18.3 Å². The topological polar surface area (TPSA) is 65.3 Å². The fraction of sp³-hybridized carbons (Fsp3) is 0.154. The van der Waals surface area contributed by atoms with Crippen molar-refractivity contribution in [3.05, 3.63) is 57.8 Å². The van der Waals surface area contributed by atoms with Crippen LogP contribution in [0.1, 0.15) is 11.1 Å². The van der Waals surface area contributed by atoms with E-state index in [4.69, 9.17) is 4.74 Å². The number of hydrogen-bond acceptors (Lipinski definition) is 4. The summed E-state index contributed by atoms with van der Waals surface area (Å²) < 4.78 is 5.45. The highest BCUT2D eigenvalue weighted by molar-refractivity contribution is 5.44. The van der Waals surface area contributed by atoms with Crippen molar-refractivity contribution in [2.45, 2.75) is 13.8 Å². The predicted octanol–water partition coefficient (Wildman–Crippen LogP) is 3.40. The van der Waals surface area contributed by atoms with Gasteiger partial charge in [0.2, 0.25) is 0 Å². The van der Waals surface area contributed by atoms with E-state index in [9.17, 15) is 10.1 Å². The van der Waals surface area contributed by atoms with Gasteiger partial charge in [0.1, 0.15) is 5.75 Å². The molecule has 0 aliphatic heterocycles. The van der Waals surface area contributed by atoms with Crippen LogP contribution >= 0.6 is 0 Å². The van der Waals surface area contributed by atoms with Crippen LogP contribution in [0.4, 0.5) is 5.69 Å². The molecule has 0 spiro atoms. The van der Waals surface area contributed by atoms with Gasteiger partial charge in [-0.05, 0) is 43.2 Å². The number of nitro groups is 1. The smallest absolute Gasteiger partial charge is 0.331 e. The second-order valence-corrected chi connectivity index (χ2v) is 3.93. The van der Waals surface area contributed by atoms with E-state index in [0.29, 0.717) is 5.75 Å². The first-order chi connectivity index (χ1) is 8.58. The molecule has 0 fully saturated rings. The summed E-state index contributed by atoms with van der Waals surface area (Å²) in [6, 6.07) is 8.36. The number of ether oxygens (including phenoxy) is 1. The second kappa shape index (κ2) is 4.83. The lowest BCUT2D eigenvalue weighted by atomic mass is 10.1. The standard InChI is InChI=1S/C13H12N2O3/c1-9-5-6-11(8-10(9)2)18-13-12(15(16)17)4-3-7-14-13/h3-8H,1-2H3. The highest BCUT2D eigenvalue weighted by Crippen LogP contribution is 2.29. The van der Waals surface area contributed by atoms with E-state index < -0.39 is 4.92 Å². The molecule has 0 saturated heterocycles. The molecule has 2 aromatic rings. The molecule has 0 unspecified atom stereocenters. The van der Waals surface area contributed by atoms with Crippen LogP contribution in [0.3, 0.4) is 0 Å². The Bertz CT molecular complexity index is 597. The first kappa shape index (κ1) is 12.0. The Morgan fingerprint density at radius 2 is 2.00 bits per heavy atom. The Labute approximate surface area is 104 Å². The van der Waals surface area contributed by atoms with Gasteiger partial charge in [-0.3, -0.25) is 10.1 Å². The summed E-state index contributed by atoms with van der Waals surface area (Å²) in [6.07, 6.45) is 1.46.